The molecule has 3 N–H and O–H groups in total. The number of nitrogen functional groups attached to an aromatic ring is 1. The molecule has 0 atom stereocenters. The predicted molar refractivity (Wildman–Crippen MR) is 79.9 cm³/mol. The molecule has 0 unspecified atom stereocenters. The Labute approximate surface area is 112 Å². The van der Waals surface area contributed by atoms with Crippen LogP contribution < -0.4 is 11.1 Å². The fourth-order valence-corrected chi connectivity index (χ4v) is 3.16. The molecule has 0 saturated heterocycles. The van der Waals surface area contributed by atoms with E-state index in [0.29, 0.717) is 0 Å². The molecular weight excluding hydrogens is 244 g/mol. The number of hydrogen-bond acceptors (Lipinski definition) is 4. The van der Waals surface area contributed by atoms with Crippen molar-refractivity contribution in [3.63, 3.8) is 0 Å². The highest BCUT2D eigenvalue weighted by Gasteiger charge is 2.04. The number of anilines is 2. The van der Waals surface area contributed by atoms with Gasteiger partial charge in [0.05, 0.1) is 9.52 Å². The minimum atomic E-state index is -0.302. The molecule has 0 aliphatic rings. The molecule has 0 fully saturated rings. The van der Waals surface area contributed by atoms with E-state index in [-0.39, 0.29) is 15.4 Å². The molecule has 0 aromatic heterocycles. The molecule has 1 aromatic rings. The van der Waals surface area contributed by atoms with Crippen molar-refractivity contribution in [3.05, 3.63) is 23.8 Å². The van der Waals surface area contributed by atoms with Gasteiger partial charge in [-0.25, -0.2) is 0 Å². The van der Waals surface area contributed by atoms with Crippen LogP contribution in [0.15, 0.2) is 18.2 Å². The lowest BCUT2D eigenvalue weighted by Crippen LogP contribution is -2.21. The maximum atomic E-state index is 5.77. The third kappa shape index (κ3) is 5.08. The first-order valence-corrected chi connectivity index (χ1v) is 8.14. The van der Waals surface area contributed by atoms with Gasteiger partial charge in [0.1, 0.15) is 5.91 Å². The van der Waals surface area contributed by atoms with Gasteiger partial charge < -0.3 is 20.5 Å². The van der Waals surface area contributed by atoms with Gasteiger partial charge in [-0.3, -0.25) is 0 Å². The Hall–Kier alpha value is -1.04. The molecule has 0 saturated carbocycles. The summed E-state index contributed by atoms with van der Waals surface area (Å²) in [5.74, 6) is 0.0547. The van der Waals surface area contributed by atoms with E-state index in [1.165, 1.54) is 11.6 Å². The molecule has 0 bridgehead atoms. The van der Waals surface area contributed by atoms with Crippen LogP contribution in [0.5, 0.6) is 0 Å². The van der Waals surface area contributed by atoms with Crippen molar-refractivity contribution in [2.24, 2.45) is 0 Å². The maximum absolute atomic E-state index is 5.77. The van der Waals surface area contributed by atoms with Crippen molar-refractivity contribution in [1.29, 1.82) is 0 Å². The van der Waals surface area contributed by atoms with Gasteiger partial charge in [0.2, 0.25) is 0 Å². The summed E-state index contributed by atoms with van der Waals surface area (Å²) >= 11 is 0. The van der Waals surface area contributed by atoms with Crippen LogP contribution in [-0.2, 0) is 9.47 Å². The second-order valence-electron chi connectivity index (χ2n) is 4.40. The molecule has 0 amide bonds. The Morgan fingerprint density at radius 2 is 2.06 bits per heavy atom. The van der Waals surface area contributed by atoms with E-state index in [4.69, 9.17) is 15.2 Å². The standard InChI is InChI=1S/C13H24N2O2Si/c1-10-5-6-11(14)9-12(10)15-7-4-8-18-13(16-2)17-3/h5-6,9,13,15H,4,7-8,14,18H2,1-3H3. The fraction of sp³-hybridized carbons (Fsp3) is 0.538. The Morgan fingerprint density at radius 1 is 1.33 bits per heavy atom. The molecule has 4 nitrogen and oxygen atoms in total. The highest BCUT2D eigenvalue weighted by Crippen LogP contribution is 2.17. The van der Waals surface area contributed by atoms with Crippen LogP contribution in [0.25, 0.3) is 0 Å². The first-order chi connectivity index (χ1) is 8.67. The lowest BCUT2D eigenvalue weighted by atomic mass is 10.2. The van der Waals surface area contributed by atoms with Crippen molar-refractivity contribution >= 4 is 20.9 Å². The summed E-state index contributed by atoms with van der Waals surface area (Å²) in [5.41, 5.74) is 8.93. The van der Waals surface area contributed by atoms with Crippen LogP contribution in [0.1, 0.15) is 12.0 Å². The lowest BCUT2D eigenvalue weighted by Gasteiger charge is -2.13. The molecule has 0 aliphatic carbocycles. The largest absolute Gasteiger partial charge is 0.399 e. The molecule has 0 aliphatic heterocycles. The number of methoxy groups -OCH3 is 2. The summed E-state index contributed by atoms with van der Waals surface area (Å²) in [6.45, 7) is 3.06. The van der Waals surface area contributed by atoms with E-state index in [9.17, 15) is 0 Å². The topological polar surface area (TPSA) is 56.5 Å². The second kappa shape index (κ2) is 8.13. The molecule has 0 spiro atoms. The number of nitrogens with one attached hydrogen (secondary N) is 1. The van der Waals surface area contributed by atoms with Gasteiger partial charge in [-0.15, -0.1) is 0 Å². The lowest BCUT2D eigenvalue weighted by molar-refractivity contribution is -0.0441. The summed E-state index contributed by atoms with van der Waals surface area (Å²) in [6.07, 6.45) is 1.14. The average molecular weight is 268 g/mol. The summed E-state index contributed by atoms with van der Waals surface area (Å²) < 4.78 is 10.4. The van der Waals surface area contributed by atoms with Gasteiger partial charge in [0.15, 0.2) is 0 Å². The Morgan fingerprint density at radius 3 is 2.72 bits per heavy atom. The van der Waals surface area contributed by atoms with Crippen LogP contribution in [-0.4, -0.2) is 36.2 Å². The van der Waals surface area contributed by atoms with E-state index in [1.807, 2.05) is 18.2 Å². The highest BCUT2D eigenvalue weighted by atomic mass is 28.2. The van der Waals surface area contributed by atoms with Crippen molar-refractivity contribution < 1.29 is 9.47 Å². The molecule has 18 heavy (non-hydrogen) atoms. The summed E-state index contributed by atoms with van der Waals surface area (Å²) in [4.78, 5) is 0. The molecule has 5 heteroatoms. The van der Waals surface area contributed by atoms with E-state index < -0.39 is 0 Å². The Balaban J connectivity index is 2.23. The van der Waals surface area contributed by atoms with E-state index in [1.54, 1.807) is 14.2 Å². The summed E-state index contributed by atoms with van der Waals surface area (Å²) in [6, 6.07) is 7.16. The minimum absolute atomic E-state index is 0.0547. The molecule has 1 aromatic carbocycles. The first kappa shape index (κ1) is 15.0. The van der Waals surface area contributed by atoms with Gasteiger partial charge in [0, 0.05) is 32.1 Å². The molecule has 0 heterocycles. The zero-order chi connectivity index (χ0) is 13.4. The van der Waals surface area contributed by atoms with Gasteiger partial charge in [0.25, 0.3) is 0 Å². The Kier molecular flexibility index (Phi) is 6.78. The highest BCUT2D eigenvalue weighted by molar-refractivity contribution is 6.36. The van der Waals surface area contributed by atoms with E-state index in [2.05, 4.69) is 12.2 Å². The monoisotopic (exact) mass is 268 g/mol. The van der Waals surface area contributed by atoms with Gasteiger partial charge in [-0.2, -0.15) is 0 Å². The molecule has 0 radical (unpaired) electrons. The van der Waals surface area contributed by atoms with Crippen molar-refractivity contribution in [1.82, 2.24) is 0 Å². The number of aryl methyl sites for hydroxylation is 1. The van der Waals surface area contributed by atoms with E-state index >= 15 is 0 Å². The SMILES string of the molecule is COC(OC)[SiH2]CCCNc1cc(N)ccc1C. The number of nitrogens with two attached hydrogens (primary N) is 1. The molecular formula is C13H24N2O2Si. The maximum Gasteiger partial charge on any atom is 0.134 e. The zero-order valence-corrected chi connectivity index (χ0v) is 12.9. The second-order valence-corrected chi connectivity index (χ2v) is 6.35. The normalized spacial score (nSPS) is 11.6. The number of ether oxygens (including phenoxy) is 2. The van der Waals surface area contributed by atoms with Gasteiger partial charge in [-0.1, -0.05) is 12.1 Å². The third-order valence-electron chi connectivity index (χ3n) is 2.97. The van der Waals surface area contributed by atoms with Crippen molar-refractivity contribution in [2.75, 3.05) is 31.8 Å². The number of benzene rings is 1. The van der Waals surface area contributed by atoms with Crippen molar-refractivity contribution in [2.45, 2.75) is 25.3 Å². The molecule has 1 rings (SSSR count). The number of rotatable bonds is 8. The van der Waals surface area contributed by atoms with Crippen molar-refractivity contribution in [3.8, 4) is 0 Å². The first-order valence-electron chi connectivity index (χ1n) is 6.33. The quantitative estimate of drug-likeness (QED) is 0.325. The predicted octanol–water partition coefficient (Wildman–Crippen LogP) is 1.54. The average Bonchev–Trinajstić information content (AvgIpc) is 2.38. The minimum Gasteiger partial charge on any atom is -0.399 e. The van der Waals surface area contributed by atoms with Gasteiger partial charge in [-0.05, 0) is 31.0 Å². The zero-order valence-electron chi connectivity index (χ0n) is 11.5. The van der Waals surface area contributed by atoms with Gasteiger partial charge >= 0.3 is 0 Å². The third-order valence-corrected chi connectivity index (χ3v) is 5.02. The van der Waals surface area contributed by atoms with Crippen LogP contribution >= 0.6 is 0 Å². The van der Waals surface area contributed by atoms with Crippen LogP contribution in [0.2, 0.25) is 6.04 Å². The fourth-order valence-electron chi connectivity index (χ4n) is 1.82. The molecule has 102 valence electrons. The van der Waals surface area contributed by atoms with E-state index in [0.717, 1.165) is 24.3 Å². The smallest absolute Gasteiger partial charge is 0.134 e. The Bertz CT molecular complexity index is 357. The van der Waals surface area contributed by atoms with Crippen LogP contribution in [0.3, 0.4) is 0 Å². The number of hydrogen-bond donors (Lipinski definition) is 2. The summed E-state index contributed by atoms with van der Waals surface area (Å²) in [5, 5.41) is 3.42. The van der Waals surface area contributed by atoms with Crippen LogP contribution in [0, 0.1) is 6.92 Å². The summed E-state index contributed by atoms with van der Waals surface area (Å²) in [7, 11) is 3.11. The van der Waals surface area contributed by atoms with Crippen LogP contribution in [0.4, 0.5) is 11.4 Å².